The lowest BCUT2D eigenvalue weighted by Crippen LogP contribution is -2.38. The maximum atomic E-state index is 14.1. The van der Waals surface area contributed by atoms with Crippen molar-refractivity contribution in [2.24, 2.45) is 5.92 Å². The molecule has 0 spiro atoms. The number of hydrogen-bond donors (Lipinski definition) is 3. The summed E-state index contributed by atoms with van der Waals surface area (Å²) >= 11 is 0. The summed E-state index contributed by atoms with van der Waals surface area (Å²) in [5.41, 5.74) is 2.56. The number of ether oxygens (including phenoxy) is 1. The van der Waals surface area contributed by atoms with Gasteiger partial charge in [0.25, 0.3) is 5.92 Å². The molecule has 2 aromatic carbocycles. The smallest absolute Gasteiger partial charge is 0.273 e. The van der Waals surface area contributed by atoms with Crippen molar-refractivity contribution in [1.82, 2.24) is 4.98 Å². The number of anilines is 2. The number of amides is 2. The minimum absolute atomic E-state index is 0.115. The lowest BCUT2D eigenvalue weighted by molar-refractivity contribution is -0.126. The summed E-state index contributed by atoms with van der Waals surface area (Å²) in [5.74, 6) is -5.45. The molecule has 0 saturated carbocycles. The fourth-order valence-corrected chi connectivity index (χ4v) is 3.74. The molecule has 1 heterocycles. The van der Waals surface area contributed by atoms with Crippen LogP contribution in [0.3, 0.4) is 0 Å². The molecule has 0 aliphatic rings. The Morgan fingerprint density at radius 2 is 1.72 bits per heavy atom. The zero-order chi connectivity index (χ0) is 26.5. The van der Waals surface area contributed by atoms with Crippen LogP contribution in [-0.4, -0.2) is 29.6 Å². The van der Waals surface area contributed by atoms with Gasteiger partial charge in [0.1, 0.15) is 5.75 Å². The van der Waals surface area contributed by atoms with Crippen LogP contribution < -0.4 is 15.4 Å². The number of halogens is 2. The first-order chi connectivity index (χ1) is 17.1. The minimum Gasteiger partial charge on any atom is -0.496 e. The van der Waals surface area contributed by atoms with Crippen LogP contribution in [0.15, 0.2) is 60.9 Å². The number of pyridine rings is 1. The summed E-state index contributed by atoms with van der Waals surface area (Å²) in [7, 11) is 1.54. The summed E-state index contributed by atoms with van der Waals surface area (Å²) < 4.78 is 33.6. The molecule has 1 aromatic heterocycles. The molecule has 9 heteroatoms. The van der Waals surface area contributed by atoms with E-state index in [9.17, 15) is 18.4 Å². The Morgan fingerprint density at radius 3 is 2.31 bits per heavy atom. The van der Waals surface area contributed by atoms with Gasteiger partial charge >= 0.3 is 0 Å². The maximum absolute atomic E-state index is 14.1. The molecular formula is C27H28F2N4O3. The predicted molar refractivity (Wildman–Crippen MR) is 136 cm³/mol. The third-order valence-corrected chi connectivity index (χ3v) is 5.73. The molecule has 1 unspecified atom stereocenters. The molecule has 7 nitrogen and oxygen atoms in total. The van der Waals surface area contributed by atoms with Crippen molar-refractivity contribution >= 4 is 28.9 Å². The number of nitrogens with one attached hydrogen (secondary N) is 3. The summed E-state index contributed by atoms with van der Waals surface area (Å²) in [5, 5.41) is 13.2. The van der Waals surface area contributed by atoms with Gasteiger partial charge in [0.15, 0.2) is 5.92 Å². The van der Waals surface area contributed by atoms with Crippen LogP contribution in [-0.2, 0) is 15.5 Å². The van der Waals surface area contributed by atoms with Crippen molar-refractivity contribution in [2.45, 2.75) is 33.1 Å². The highest BCUT2D eigenvalue weighted by atomic mass is 19.3. The first-order valence-corrected chi connectivity index (χ1v) is 11.3. The number of rotatable bonds is 9. The molecule has 0 aliphatic carbocycles. The average Bonchev–Trinajstić information content (AvgIpc) is 2.84. The summed E-state index contributed by atoms with van der Waals surface area (Å²) in [6.07, 6.45) is 2.97. The fraction of sp³-hybridized carbons (Fsp3) is 0.259. The summed E-state index contributed by atoms with van der Waals surface area (Å²) in [6, 6.07) is 12.2. The Hall–Kier alpha value is -4.14. The van der Waals surface area contributed by atoms with Crippen molar-refractivity contribution in [3.05, 3.63) is 72.1 Å². The Balaban J connectivity index is 1.84. The van der Waals surface area contributed by atoms with Gasteiger partial charge in [0, 0.05) is 47.0 Å². The van der Waals surface area contributed by atoms with Gasteiger partial charge in [-0.3, -0.25) is 14.6 Å². The van der Waals surface area contributed by atoms with Crippen LogP contribution in [0.4, 0.5) is 20.2 Å². The molecule has 3 aromatic rings. The number of carbonyl (C=O) groups is 2. The zero-order valence-corrected chi connectivity index (χ0v) is 20.5. The van der Waals surface area contributed by atoms with Crippen molar-refractivity contribution in [2.75, 3.05) is 17.7 Å². The van der Waals surface area contributed by atoms with Gasteiger partial charge in [-0.1, -0.05) is 19.1 Å². The van der Waals surface area contributed by atoms with Crippen LogP contribution in [0.25, 0.3) is 11.1 Å². The molecule has 0 saturated heterocycles. The highest BCUT2D eigenvalue weighted by molar-refractivity contribution is 6.24. The monoisotopic (exact) mass is 494 g/mol. The van der Waals surface area contributed by atoms with Gasteiger partial charge in [0.05, 0.1) is 7.11 Å². The van der Waals surface area contributed by atoms with Gasteiger partial charge in [-0.05, 0) is 61.4 Å². The number of methoxy groups -OCH3 is 1. The number of aryl methyl sites for hydroxylation is 1. The van der Waals surface area contributed by atoms with Crippen molar-refractivity contribution in [3.63, 3.8) is 0 Å². The van der Waals surface area contributed by atoms with E-state index in [1.54, 1.807) is 30.6 Å². The van der Waals surface area contributed by atoms with E-state index in [1.165, 1.54) is 45.2 Å². The summed E-state index contributed by atoms with van der Waals surface area (Å²) in [6.45, 7) is 4.60. The van der Waals surface area contributed by atoms with Crippen LogP contribution in [0.1, 0.15) is 31.4 Å². The summed E-state index contributed by atoms with van der Waals surface area (Å²) in [4.78, 5) is 30.1. The van der Waals surface area contributed by atoms with E-state index in [2.05, 4.69) is 15.6 Å². The molecule has 36 heavy (non-hydrogen) atoms. The van der Waals surface area contributed by atoms with Crippen LogP contribution in [0, 0.1) is 18.3 Å². The number of benzene rings is 2. The Morgan fingerprint density at radius 1 is 1.06 bits per heavy atom. The molecule has 0 radical (unpaired) electrons. The van der Waals surface area contributed by atoms with E-state index in [1.807, 2.05) is 13.0 Å². The van der Waals surface area contributed by atoms with Gasteiger partial charge < -0.3 is 20.8 Å². The molecule has 188 valence electrons. The lowest BCUT2D eigenvalue weighted by atomic mass is 9.99. The van der Waals surface area contributed by atoms with E-state index >= 15 is 0 Å². The maximum Gasteiger partial charge on any atom is 0.273 e. The van der Waals surface area contributed by atoms with E-state index in [4.69, 9.17) is 10.1 Å². The number of hydrogen-bond acceptors (Lipinski definition) is 5. The number of nitrogens with zero attached hydrogens (tertiary/aromatic N) is 1. The van der Waals surface area contributed by atoms with Gasteiger partial charge in [-0.15, -0.1) is 0 Å². The standard InChI is InChI=1S/C27H28F2N4O3/c1-5-27(28,29)18-7-6-8-19(13-18)32-25(34)24(17(3)30)26(35)33-20-9-10-23(36-4)22(14-20)21-11-12-31-15-16(21)2/h6-15,24,30H,5H2,1-4H3,(H,32,34)(H,33,35). The Kier molecular flexibility index (Phi) is 8.14. The third kappa shape index (κ3) is 5.91. The topological polar surface area (TPSA) is 104 Å². The Bertz CT molecular complexity index is 1290. The second-order valence-electron chi connectivity index (χ2n) is 8.34. The van der Waals surface area contributed by atoms with Crippen molar-refractivity contribution < 1.29 is 23.1 Å². The first-order valence-electron chi connectivity index (χ1n) is 11.3. The predicted octanol–water partition coefficient (Wildman–Crippen LogP) is 5.80. The zero-order valence-electron chi connectivity index (χ0n) is 20.5. The largest absolute Gasteiger partial charge is 0.496 e. The fourth-order valence-electron chi connectivity index (χ4n) is 3.74. The van der Waals surface area contributed by atoms with Gasteiger partial charge in [-0.25, -0.2) is 8.78 Å². The van der Waals surface area contributed by atoms with E-state index in [0.717, 1.165) is 16.7 Å². The van der Waals surface area contributed by atoms with Crippen molar-refractivity contribution in [3.8, 4) is 16.9 Å². The van der Waals surface area contributed by atoms with Crippen LogP contribution in [0.2, 0.25) is 0 Å². The molecular weight excluding hydrogens is 466 g/mol. The highest BCUT2D eigenvalue weighted by Gasteiger charge is 2.31. The normalized spacial score (nSPS) is 11.9. The van der Waals surface area contributed by atoms with E-state index in [-0.39, 0.29) is 17.0 Å². The molecule has 3 rings (SSSR count). The first kappa shape index (κ1) is 26.5. The average molecular weight is 495 g/mol. The van der Waals surface area contributed by atoms with Crippen LogP contribution >= 0.6 is 0 Å². The quantitative estimate of drug-likeness (QED) is 0.258. The van der Waals surface area contributed by atoms with Gasteiger partial charge in [-0.2, -0.15) is 0 Å². The molecule has 3 N–H and O–H groups in total. The second kappa shape index (κ2) is 11.1. The molecule has 0 aliphatic heterocycles. The van der Waals surface area contributed by atoms with Crippen LogP contribution in [0.5, 0.6) is 5.75 Å². The highest BCUT2D eigenvalue weighted by Crippen LogP contribution is 2.35. The Labute approximate surface area is 208 Å². The van der Waals surface area contributed by atoms with Crippen molar-refractivity contribution in [1.29, 1.82) is 5.41 Å². The lowest BCUT2D eigenvalue weighted by Gasteiger charge is -2.19. The molecule has 2 amide bonds. The SMILES string of the molecule is CCC(F)(F)c1cccc(NC(=O)C(C(C)=N)C(=O)Nc2ccc(OC)c(-c3ccncc3C)c2)c1. The minimum atomic E-state index is -3.05. The van der Waals surface area contributed by atoms with E-state index < -0.39 is 30.1 Å². The third-order valence-electron chi connectivity index (χ3n) is 5.73. The van der Waals surface area contributed by atoms with Gasteiger partial charge in [0.2, 0.25) is 11.8 Å². The van der Waals surface area contributed by atoms with E-state index in [0.29, 0.717) is 11.4 Å². The number of alkyl halides is 2. The number of aromatic nitrogens is 1. The molecule has 0 fully saturated rings. The second-order valence-corrected chi connectivity index (χ2v) is 8.34. The molecule has 0 bridgehead atoms. The molecule has 1 atom stereocenters. The number of carbonyl (C=O) groups excluding carboxylic acids is 2.